The Morgan fingerprint density at radius 2 is 1.80 bits per heavy atom. The Bertz CT molecular complexity index is 826. The third kappa shape index (κ3) is 4.20. The van der Waals surface area contributed by atoms with E-state index >= 15 is 0 Å². The second kappa shape index (κ2) is 7.57. The molecule has 0 aliphatic carbocycles. The Morgan fingerprint density at radius 3 is 2.48 bits per heavy atom. The quantitative estimate of drug-likeness (QED) is 0.761. The van der Waals surface area contributed by atoms with Crippen molar-refractivity contribution in [2.75, 3.05) is 19.5 Å². The lowest BCUT2D eigenvalue weighted by molar-refractivity contribution is 0.220. The van der Waals surface area contributed by atoms with Crippen LogP contribution >= 0.6 is 0 Å². The third-order valence-electron chi connectivity index (χ3n) is 3.93. The SMILES string of the molecule is COc1ccc(CN(C)C(=O)Nc2cccc(-n3cccc3)c2)cc1. The van der Waals surface area contributed by atoms with Crippen LogP contribution in [0, 0.1) is 0 Å². The van der Waals surface area contributed by atoms with Crippen LogP contribution in [-0.4, -0.2) is 29.7 Å². The van der Waals surface area contributed by atoms with E-state index in [0.29, 0.717) is 6.54 Å². The number of aromatic nitrogens is 1. The minimum Gasteiger partial charge on any atom is -0.497 e. The van der Waals surface area contributed by atoms with Crippen molar-refractivity contribution in [2.24, 2.45) is 0 Å². The van der Waals surface area contributed by atoms with Gasteiger partial charge in [0, 0.05) is 37.4 Å². The molecule has 3 rings (SSSR count). The van der Waals surface area contributed by atoms with Crippen LogP contribution in [0.5, 0.6) is 5.75 Å². The zero-order valence-electron chi connectivity index (χ0n) is 14.3. The zero-order chi connectivity index (χ0) is 17.6. The van der Waals surface area contributed by atoms with Gasteiger partial charge < -0.3 is 19.5 Å². The molecule has 0 spiro atoms. The molecule has 5 heteroatoms. The molecule has 1 aromatic heterocycles. The number of anilines is 1. The van der Waals surface area contributed by atoms with E-state index in [-0.39, 0.29) is 6.03 Å². The molecule has 0 fully saturated rings. The number of hydrogen-bond acceptors (Lipinski definition) is 2. The number of carbonyl (C=O) groups excluding carboxylic acids is 1. The summed E-state index contributed by atoms with van der Waals surface area (Å²) in [5, 5.41) is 2.94. The molecule has 0 saturated heterocycles. The number of amides is 2. The van der Waals surface area contributed by atoms with Crippen molar-refractivity contribution in [3.8, 4) is 11.4 Å². The highest BCUT2D eigenvalue weighted by Gasteiger charge is 2.10. The van der Waals surface area contributed by atoms with E-state index in [9.17, 15) is 4.79 Å². The average Bonchev–Trinajstić information content (AvgIpc) is 3.17. The lowest BCUT2D eigenvalue weighted by atomic mass is 10.2. The van der Waals surface area contributed by atoms with Crippen LogP contribution in [0.2, 0.25) is 0 Å². The van der Waals surface area contributed by atoms with Crippen LogP contribution in [0.1, 0.15) is 5.56 Å². The molecule has 0 aliphatic heterocycles. The number of carbonyl (C=O) groups is 1. The van der Waals surface area contributed by atoms with Gasteiger partial charge in [-0.05, 0) is 48.0 Å². The van der Waals surface area contributed by atoms with E-state index in [1.165, 1.54) is 0 Å². The van der Waals surface area contributed by atoms with E-state index in [0.717, 1.165) is 22.7 Å². The average molecular weight is 335 g/mol. The number of benzene rings is 2. The maximum absolute atomic E-state index is 12.4. The van der Waals surface area contributed by atoms with Gasteiger partial charge in [0.2, 0.25) is 0 Å². The Balaban J connectivity index is 1.64. The van der Waals surface area contributed by atoms with Gasteiger partial charge in [0.25, 0.3) is 0 Å². The fourth-order valence-electron chi connectivity index (χ4n) is 2.55. The summed E-state index contributed by atoms with van der Waals surface area (Å²) in [6.07, 6.45) is 3.94. The van der Waals surface area contributed by atoms with E-state index in [1.54, 1.807) is 19.1 Å². The van der Waals surface area contributed by atoms with E-state index in [1.807, 2.05) is 77.6 Å². The van der Waals surface area contributed by atoms with Crippen LogP contribution in [0.4, 0.5) is 10.5 Å². The van der Waals surface area contributed by atoms with Gasteiger partial charge in [0.1, 0.15) is 5.75 Å². The predicted molar refractivity (Wildman–Crippen MR) is 99.2 cm³/mol. The number of rotatable bonds is 5. The van der Waals surface area contributed by atoms with Crippen molar-refractivity contribution in [2.45, 2.75) is 6.54 Å². The van der Waals surface area contributed by atoms with Crippen LogP contribution in [0.3, 0.4) is 0 Å². The summed E-state index contributed by atoms with van der Waals surface area (Å²) in [5.41, 5.74) is 2.80. The van der Waals surface area contributed by atoms with Gasteiger partial charge in [0.15, 0.2) is 0 Å². The maximum atomic E-state index is 12.4. The Labute approximate surface area is 147 Å². The summed E-state index contributed by atoms with van der Waals surface area (Å²) in [4.78, 5) is 14.1. The molecular formula is C20H21N3O2. The van der Waals surface area contributed by atoms with Gasteiger partial charge in [0.05, 0.1) is 7.11 Å². The van der Waals surface area contributed by atoms with E-state index < -0.39 is 0 Å². The van der Waals surface area contributed by atoms with Crippen molar-refractivity contribution in [1.82, 2.24) is 9.47 Å². The highest BCUT2D eigenvalue weighted by Crippen LogP contribution is 2.16. The fraction of sp³-hybridized carbons (Fsp3) is 0.150. The second-order valence-electron chi connectivity index (χ2n) is 5.77. The minimum absolute atomic E-state index is 0.152. The van der Waals surface area contributed by atoms with Crippen molar-refractivity contribution in [3.63, 3.8) is 0 Å². The molecule has 1 heterocycles. The molecule has 0 aliphatic rings. The maximum Gasteiger partial charge on any atom is 0.321 e. The smallest absolute Gasteiger partial charge is 0.321 e. The largest absolute Gasteiger partial charge is 0.497 e. The Morgan fingerprint density at radius 1 is 1.08 bits per heavy atom. The molecular weight excluding hydrogens is 314 g/mol. The molecule has 1 N–H and O–H groups in total. The van der Waals surface area contributed by atoms with Gasteiger partial charge >= 0.3 is 6.03 Å². The first kappa shape index (κ1) is 16.6. The van der Waals surface area contributed by atoms with Gasteiger partial charge in [-0.1, -0.05) is 18.2 Å². The third-order valence-corrected chi connectivity index (χ3v) is 3.93. The van der Waals surface area contributed by atoms with Crippen molar-refractivity contribution in [3.05, 3.63) is 78.6 Å². The molecule has 0 saturated carbocycles. The summed E-state index contributed by atoms with van der Waals surface area (Å²) < 4.78 is 7.14. The standard InChI is InChI=1S/C20H21N3O2/c1-22(15-16-8-10-19(25-2)11-9-16)20(24)21-17-6-5-7-18(14-17)23-12-3-4-13-23/h3-14H,15H2,1-2H3,(H,21,24). The zero-order valence-corrected chi connectivity index (χ0v) is 14.3. The summed E-state index contributed by atoms with van der Waals surface area (Å²) in [6, 6.07) is 19.2. The first-order chi connectivity index (χ1) is 12.2. The molecule has 0 bridgehead atoms. The Kier molecular flexibility index (Phi) is 5.04. The summed E-state index contributed by atoms with van der Waals surface area (Å²) >= 11 is 0. The Hall–Kier alpha value is -3.21. The summed E-state index contributed by atoms with van der Waals surface area (Å²) in [7, 11) is 3.41. The van der Waals surface area contributed by atoms with Gasteiger partial charge in [-0.2, -0.15) is 0 Å². The summed E-state index contributed by atoms with van der Waals surface area (Å²) in [5.74, 6) is 0.803. The molecule has 25 heavy (non-hydrogen) atoms. The molecule has 128 valence electrons. The lowest BCUT2D eigenvalue weighted by Crippen LogP contribution is -2.30. The van der Waals surface area contributed by atoms with Crippen LogP contribution in [0.15, 0.2) is 73.1 Å². The molecule has 0 atom stereocenters. The molecule has 2 aromatic carbocycles. The van der Waals surface area contributed by atoms with E-state index in [4.69, 9.17) is 4.74 Å². The van der Waals surface area contributed by atoms with Crippen molar-refractivity contribution < 1.29 is 9.53 Å². The topological polar surface area (TPSA) is 46.5 Å². The first-order valence-corrected chi connectivity index (χ1v) is 8.04. The van der Waals surface area contributed by atoms with Crippen molar-refractivity contribution >= 4 is 11.7 Å². The first-order valence-electron chi connectivity index (χ1n) is 8.04. The van der Waals surface area contributed by atoms with Gasteiger partial charge in [-0.3, -0.25) is 0 Å². The minimum atomic E-state index is -0.152. The van der Waals surface area contributed by atoms with Crippen LogP contribution in [-0.2, 0) is 6.54 Å². The number of nitrogens with one attached hydrogen (secondary N) is 1. The second-order valence-corrected chi connectivity index (χ2v) is 5.77. The fourth-order valence-corrected chi connectivity index (χ4v) is 2.55. The molecule has 3 aromatic rings. The molecule has 0 radical (unpaired) electrons. The lowest BCUT2D eigenvalue weighted by Gasteiger charge is -2.18. The number of hydrogen-bond donors (Lipinski definition) is 1. The number of methoxy groups -OCH3 is 1. The highest BCUT2D eigenvalue weighted by atomic mass is 16.5. The predicted octanol–water partition coefficient (Wildman–Crippen LogP) is 4.15. The number of nitrogens with zero attached hydrogens (tertiary/aromatic N) is 2. The number of ether oxygens (including phenoxy) is 1. The molecule has 5 nitrogen and oxygen atoms in total. The van der Waals surface area contributed by atoms with E-state index in [2.05, 4.69) is 5.32 Å². The molecule has 0 unspecified atom stereocenters. The molecule has 2 amide bonds. The highest BCUT2D eigenvalue weighted by molar-refractivity contribution is 5.89. The monoisotopic (exact) mass is 335 g/mol. The number of urea groups is 1. The van der Waals surface area contributed by atoms with Gasteiger partial charge in [-0.25, -0.2) is 4.79 Å². The summed E-state index contributed by atoms with van der Waals surface area (Å²) in [6.45, 7) is 0.521. The normalized spacial score (nSPS) is 10.3. The van der Waals surface area contributed by atoms with Crippen LogP contribution in [0.25, 0.3) is 5.69 Å². The van der Waals surface area contributed by atoms with Crippen LogP contribution < -0.4 is 10.1 Å². The van der Waals surface area contributed by atoms with Crippen molar-refractivity contribution in [1.29, 1.82) is 0 Å². The van der Waals surface area contributed by atoms with Gasteiger partial charge in [-0.15, -0.1) is 0 Å².